The zero-order chi connectivity index (χ0) is 22.7. The van der Waals surface area contributed by atoms with Crippen molar-refractivity contribution < 1.29 is 17.5 Å². The molecule has 2 aliphatic rings. The van der Waals surface area contributed by atoms with Crippen LogP contribution in [0.5, 0.6) is 5.75 Å². The lowest BCUT2D eigenvalue weighted by Gasteiger charge is -2.41. The SMILES string of the molecule is CS(=O)(=O)c1ccc(OCC2CCC(N3CCN(c4ncc(Cl)cn4)CC3)CC2)c(F)c1. The smallest absolute Gasteiger partial charge is 0.225 e. The van der Waals surface area contributed by atoms with Crippen LogP contribution in [-0.4, -0.2) is 68.4 Å². The van der Waals surface area contributed by atoms with Crippen LogP contribution < -0.4 is 9.64 Å². The van der Waals surface area contributed by atoms with E-state index in [0.717, 1.165) is 70.1 Å². The minimum Gasteiger partial charge on any atom is -0.490 e. The van der Waals surface area contributed by atoms with Crippen molar-refractivity contribution >= 4 is 27.4 Å². The molecule has 0 N–H and O–H groups in total. The summed E-state index contributed by atoms with van der Waals surface area (Å²) < 4.78 is 43.0. The third kappa shape index (κ3) is 5.68. The van der Waals surface area contributed by atoms with Gasteiger partial charge in [-0.05, 0) is 49.8 Å². The molecule has 10 heteroatoms. The Morgan fingerprint density at radius 1 is 1.09 bits per heavy atom. The quantitative estimate of drug-likeness (QED) is 0.624. The topological polar surface area (TPSA) is 75.6 Å². The Balaban J connectivity index is 1.22. The number of halogens is 2. The third-order valence-electron chi connectivity index (χ3n) is 6.34. The molecule has 1 aromatic carbocycles. The van der Waals surface area contributed by atoms with Crippen LogP contribution in [0.2, 0.25) is 5.02 Å². The lowest BCUT2D eigenvalue weighted by Crippen LogP contribution is -2.51. The molecular formula is C22H28ClFN4O3S. The lowest BCUT2D eigenvalue weighted by molar-refractivity contribution is 0.110. The summed E-state index contributed by atoms with van der Waals surface area (Å²) in [5.74, 6) is 0.583. The number of benzene rings is 1. The van der Waals surface area contributed by atoms with Crippen LogP contribution in [-0.2, 0) is 9.84 Å². The van der Waals surface area contributed by atoms with E-state index in [4.69, 9.17) is 16.3 Å². The molecule has 0 radical (unpaired) electrons. The summed E-state index contributed by atoms with van der Waals surface area (Å²) in [7, 11) is -3.43. The van der Waals surface area contributed by atoms with E-state index in [-0.39, 0.29) is 10.6 Å². The van der Waals surface area contributed by atoms with E-state index >= 15 is 0 Å². The van der Waals surface area contributed by atoms with Crippen molar-refractivity contribution in [1.29, 1.82) is 0 Å². The summed E-state index contributed by atoms with van der Waals surface area (Å²) in [4.78, 5) is 13.3. The van der Waals surface area contributed by atoms with E-state index < -0.39 is 15.7 Å². The van der Waals surface area contributed by atoms with E-state index in [2.05, 4.69) is 19.8 Å². The lowest BCUT2D eigenvalue weighted by atomic mass is 9.85. The molecule has 1 aliphatic carbocycles. The maximum absolute atomic E-state index is 14.2. The second-order valence-electron chi connectivity index (χ2n) is 8.57. The van der Waals surface area contributed by atoms with Gasteiger partial charge in [0.2, 0.25) is 5.95 Å². The van der Waals surface area contributed by atoms with Crippen LogP contribution in [0.1, 0.15) is 25.7 Å². The van der Waals surface area contributed by atoms with Crippen LogP contribution in [0.15, 0.2) is 35.5 Å². The highest BCUT2D eigenvalue weighted by Crippen LogP contribution is 2.30. The maximum atomic E-state index is 14.2. The Kier molecular flexibility index (Phi) is 7.17. The van der Waals surface area contributed by atoms with Gasteiger partial charge in [-0.1, -0.05) is 11.6 Å². The molecule has 1 saturated carbocycles. The first-order valence-corrected chi connectivity index (χ1v) is 13.2. The molecule has 2 heterocycles. The zero-order valence-corrected chi connectivity index (χ0v) is 19.7. The molecule has 4 rings (SSSR count). The second-order valence-corrected chi connectivity index (χ2v) is 11.0. The molecule has 0 atom stereocenters. The van der Waals surface area contributed by atoms with Crippen molar-refractivity contribution in [3.05, 3.63) is 41.4 Å². The van der Waals surface area contributed by atoms with Gasteiger partial charge >= 0.3 is 0 Å². The predicted octanol–water partition coefficient (Wildman–Crippen LogP) is 3.43. The van der Waals surface area contributed by atoms with Gasteiger partial charge in [0.25, 0.3) is 0 Å². The van der Waals surface area contributed by atoms with Crippen LogP contribution in [0.3, 0.4) is 0 Å². The number of rotatable bonds is 6. The summed E-state index contributed by atoms with van der Waals surface area (Å²) >= 11 is 5.87. The fraction of sp³-hybridized carbons (Fsp3) is 0.545. The molecular weight excluding hydrogens is 455 g/mol. The summed E-state index contributed by atoms with van der Waals surface area (Å²) in [5, 5.41) is 0.543. The van der Waals surface area contributed by atoms with Crippen molar-refractivity contribution in [3.8, 4) is 5.75 Å². The Labute approximate surface area is 193 Å². The average molecular weight is 483 g/mol. The van der Waals surface area contributed by atoms with Gasteiger partial charge in [-0.3, -0.25) is 4.90 Å². The predicted molar refractivity (Wildman–Crippen MR) is 122 cm³/mol. The van der Waals surface area contributed by atoms with Crippen molar-refractivity contribution in [1.82, 2.24) is 14.9 Å². The Bertz CT molecular complexity index is 1020. The van der Waals surface area contributed by atoms with Gasteiger partial charge in [0.1, 0.15) is 0 Å². The number of aromatic nitrogens is 2. The highest BCUT2D eigenvalue weighted by atomic mass is 35.5. The number of hydrogen-bond donors (Lipinski definition) is 0. The first-order chi connectivity index (χ1) is 15.3. The van der Waals surface area contributed by atoms with Gasteiger partial charge in [0, 0.05) is 38.5 Å². The maximum Gasteiger partial charge on any atom is 0.225 e. The number of ether oxygens (including phenoxy) is 1. The van der Waals surface area contributed by atoms with Crippen molar-refractivity contribution in [2.75, 3.05) is 43.9 Å². The van der Waals surface area contributed by atoms with Crippen molar-refractivity contribution in [3.63, 3.8) is 0 Å². The van der Waals surface area contributed by atoms with E-state index in [1.54, 1.807) is 12.4 Å². The van der Waals surface area contributed by atoms with Crippen LogP contribution in [0.25, 0.3) is 0 Å². The highest BCUT2D eigenvalue weighted by Gasteiger charge is 2.29. The van der Waals surface area contributed by atoms with Crippen LogP contribution in [0, 0.1) is 11.7 Å². The average Bonchev–Trinajstić information content (AvgIpc) is 2.79. The molecule has 1 aromatic heterocycles. The summed E-state index contributed by atoms with van der Waals surface area (Å²) in [6.45, 7) is 4.20. The Morgan fingerprint density at radius 2 is 1.75 bits per heavy atom. The molecule has 1 aliphatic heterocycles. The molecule has 0 amide bonds. The summed E-state index contributed by atoms with van der Waals surface area (Å²) in [6.07, 6.45) is 8.59. The molecule has 2 aromatic rings. The second kappa shape index (κ2) is 9.89. The minimum atomic E-state index is -3.43. The molecule has 0 spiro atoms. The molecule has 0 bridgehead atoms. The van der Waals surface area contributed by atoms with Crippen molar-refractivity contribution in [2.24, 2.45) is 5.92 Å². The number of piperazine rings is 1. The van der Waals surface area contributed by atoms with Gasteiger partial charge in [-0.15, -0.1) is 0 Å². The van der Waals surface area contributed by atoms with E-state index in [1.165, 1.54) is 12.1 Å². The van der Waals surface area contributed by atoms with Gasteiger partial charge in [0.05, 0.1) is 28.9 Å². The zero-order valence-electron chi connectivity index (χ0n) is 18.1. The monoisotopic (exact) mass is 482 g/mol. The first-order valence-electron chi connectivity index (χ1n) is 10.9. The highest BCUT2D eigenvalue weighted by molar-refractivity contribution is 7.90. The number of hydrogen-bond acceptors (Lipinski definition) is 7. The van der Waals surface area contributed by atoms with Gasteiger partial charge in [-0.2, -0.15) is 0 Å². The summed E-state index contributed by atoms with van der Waals surface area (Å²) in [5.41, 5.74) is 0. The number of nitrogens with zero attached hydrogens (tertiary/aromatic N) is 4. The van der Waals surface area contributed by atoms with Gasteiger partial charge < -0.3 is 9.64 Å². The van der Waals surface area contributed by atoms with E-state index in [1.807, 2.05) is 0 Å². The number of anilines is 1. The molecule has 0 unspecified atom stereocenters. The standard InChI is InChI=1S/C22H28ClFN4O3S/c1-32(29,30)19-6-7-21(20(24)12-19)31-15-16-2-4-18(5-3-16)27-8-10-28(11-9-27)22-25-13-17(23)14-26-22/h6-7,12-14,16,18H,2-5,8-11,15H2,1H3. The third-order valence-corrected chi connectivity index (χ3v) is 7.65. The summed E-state index contributed by atoms with van der Waals surface area (Å²) in [6, 6.07) is 4.38. The fourth-order valence-corrected chi connectivity index (χ4v) is 5.20. The molecule has 2 fully saturated rings. The van der Waals surface area contributed by atoms with E-state index in [9.17, 15) is 12.8 Å². The molecule has 1 saturated heterocycles. The molecule has 7 nitrogen and oxygen atoms in total. The van der Waals surface area contributed by atoms with Gasteiger partial charge in [0.15, 0.2) is 21.4 Å². The molecule has 174 valence electrons. The minimum absolute atomic E-state index is 0.0365. The van der Waals surface area contributed by atoms with Crippen molar-refractivity contribution in [2.45, 2.75) is 36.6 Å². The molecule has 32 heavy (non-hydrogen) atoms. The van der Waals surface area contributed by atoms with Gasteiger partial charge in [-0.25, -0.2) is 22.8 Å². The fourth-order valence-electron chi connectivity index (χ4n) is 4.47. The van der Waals surface area contributed by atoms with E-state index in [0.29, 0.717) is 23.6 Å². The first kappa shape index (κ1) is 23.2. The van der Waals surface area contributed by atoms with Crippen LogP contribution >= 0.6 is 11.6 Å². The normalized spacial score (nSPS) is 22.7. The largest absolute Gasteiger partial charge is 0.490 e. The van der Waals surface area contributed by atoms with Crippen LogP contribution in [0.4, 0.5) is 10.3 Å². The number of sulfone groups is 1. The Hall–Kier alpha value is -1.97. The Morgan fingerprint density at radius 3 is 2.34 bits per heavy atom.